The highest BCUT2D eigenvalue weighted by atomic mass is 16.5. The summed E-state index contributed by atoms with van der Waals surface area (Å²) in [5.74, 6) is 1.39. The maximum atomic E-state index is 5.57. The van der Waals surface area contributed by atoms with Crippen molar-refractivity contribution in [2.45, 2.75) is 13.3 Å². The first-order valence-corrected chi connectivity index (χ1v) is 4.91. The van der Waals surface area contributed by atoms with Crippen LogP contribution in [0.15, 0.2) is 49.2 Å². The molecule has 0 aliphatic rings. The van der Waals surface area contributed by atoms with Crippen LogP contribution in [0.4, 0.5) is 0 Å². The van der Waals surface area contributed by atoms with Gasteiger partial charge in [0, 0.05) is 7.05 Å². The van der Waals surface area contributed by atoms with Gasteiger partial charge >= 0.3 is 0 Å². The number of hydrogen-bond acceptors (Lipinski definition) is 2. The lowest BCUT2D eigenvalue weighted by Gasteiger charge is -2.01. The largest absolute Gasteiger partial charge is 0.438 e. The van der Waals surface area contributed by atoms with Crippen molar-refractivity contribution in [3.8, 4) is 5.88 Å². The van der Waals surface area contributed by atoms with E-state index in [0.29, 0.717) is 5.88 Å². The highest BCUT2D eigenvalue weighted by molar-refractivity contribution is 5.20. The van der Waals surface area contributed by atoms with Gasteiger partial charge in [0.15, 0.2) is 0 Å². The molecule has 1 aromatic heterocycles. The quantitative estimate of drug-likeness (QED) is 0.544. The van der Waals surface area contributed by atoms with Gasteiger partial charge in [-0.15, -0.1) is 0 Å². The fraction of sp³-hybridized carbons (Fsp3) is 0.250. The molecule has 0 fully saturated rings. The van der Waals surface area contributed by atoms with Crippen LogP contribution in [0.3, 0.4) is 0 Å². The van der Waals surface area contributed by atoms with Gasteiger partial charge in [0.1, 0.15) is 5.76 Å². The Balaban J connectivity index is 2.71. The molecule has 0 saturated carbocycles. The van der Waals surface area contributed by atoms with E-state index in [9.17, 15) is 0 Å². The Morgan fingerprint density at radius 3 is 3.00 bits per heavy atom. The third kappa shape index (κ3) is 3.85. The van der Waals surface area contributed by atoms with Crippen LogP contribution in [0.5, 0.6) is 5.88 Å². The minimum Gasteiger partial charge on any atom is -0.438 e. The Morgan fingerprint density at radius 1 is 1.67 bits per heavy atom. The first-order valence-electron chi connectivity index (χ1n) is 4.91. The van der Waals surface area contributed by atoms with E-state index in [1.54, 1.807) is 12.4 Å². The van der Waals surface area contributed by atoms with Crippen molar-refractivity contribution in [3.63, 3.8) is 0 Å². The molecule has 3 nitrogen and oxygen atoms in total. The van der Waals surface area contributed by atoms with Crippen LogP contribution in [0.2, 0.25) is 0 Å². The zero-order valence-electron chi connectivity index (χ0n) is 9.18. The van der Waals surface area contributed by atoms with E-state index >= 15 is 0 Å². The number of aryl methyl sites for hydroxylation is 1. The predicted octanol–water partition coefficient (Wildman–Crippen LogP) is 2.84. The number of ether oxygens (including phenoxy) is 1. The van der Waals surface area contributed by atoms with Crippen molar-refractivity contribution < 1.29 is 4.74 Å². The number of nitrogens with zero attached hydrogens (tertiary/aromatic N) is 2. The van der Waals surface area contributed by atoms with Gasteiger partial charge in [-0.3, -0.25) is 0 Å². The number of rotatable bonds is 5. The summed E-state index contributed by atoms with van der Waals surface area (Å²) in [5, 5.41) is 0. The summed E-state index contributed by atoms with van der Waals surface area (Å²) < 4.78 is 7.42. The summed E-state index contributed by atoms with van der Waals surface area (Å²) >= 11 is 0. The van der Waals surface area contributed by atoms with Gasteiger partial charge in [-0.25, -0.2) is 4.98 Å². The Kier molecular flexibility index (Phi) is 4.41. The van der Waals surface area contributed by atoms with Crippen LogP contribution >= 0.6 is 0 Å². The second-order valence-corrected chi connectivity index (χ2v) is 3.09. The molecule has 80 valence electrons. The highest BCUT2D eigenvalue weighted by Gasteiger charge is 1.99. The molecule has 0 unspecified atom stereocenters. The molecule has 1 rings (SSSR count). The van der Waals surface area contributed by atoms with E-state index in [0.717, 1.165) is 12.2 Å². The molecule has 0 aliphatic carbocycles. The molecule has 0 saturated heterocycles. The van der Waals surface area contributed by atoms with Crippen LogP contribution in [0.1, 0.15) is 13.3 Å². The van der Waals surface area contributed by atoms with Gasteiger partial charge < -0.3 is 9.30 Å². The SMILES string of the molecule is C=C/C=C\C(=C/CC)Oc1cn(C)cn1. The Labute approximate surface area is 90.4 Å². The maximum Gasteiger partial charge on any atom is 0.237 e. The van der Waals surface area contributed by atoms with Crippen LogP contribution in [0, 0.1) is 0 Å². The summed E-state index contributed by atoms with van der Waals surface area (Å²) in [6.07, 6.45) is 11.9. The molecule has 0 atom stereocenters. The third-order valence-electron chi connectivity index (χ3n) is 1.71. The molecular formula is C12H16N2O. The van der Waals surface area contributed by atoms with Crippen molar-refractivity contribution in [2.75, 3.05) is 0 Å². The van der Waals surface area contributed by atoms with Crippen molar-refractivity contribution >= 4 is 0 Å². The lowest BCUT2D eigenvalue weighted by molar-refractivity contribution is 0.426. The topological polar surface area (TPSA) is 27.1 Å². The standard InChI is InChI=1S/C12H16N2O/c1-4-6-8-11(7-5-2)15-12-9-14(3)10-13-12/h4,6-10H,1,5H2,2-3H3/b8-6-,11-7+. The smallest absolute Gasteiger partial charge is 0.237 e. The van der Waals surface area contributed by atoms with Gasteiger partial charge in [0.25, 0.3) is 0 Å². The average Bonchev–Trinajstić information content (AvgIpc) is 2.61. The normalized spacial score (nSPS) is 12.0. The van der Waals surface area contributed by atoms with Gasteiger partial charge in [-0.05, 0) is 18.6 Å². The second-order valence-electron chi connectivity index (χ2n) is 3.09. The molecule has 0 aromatic carbocycles. The molecule has 15 heavy (non-hydrogen) atoms. The Bertz CT molecular complexity index is 375. The summed E-state index contributed by atoms with van der Waals surface area (Å²) in [5.41, 5.74) is 0. The number of allylic oxidation sites excluding steroid dienone is 4. The molecule has 0 aliphatic heterocycles. The number of imidazole rings is 1. The van der Waals surface area contributed by atoms with Crippen molar-refractivity contribution in [3.05, 3.63) is 49.2 Å². The van der Waals surface area contributed by atoms with Gasteiger partial charge in [0.05, 0.1) is 12.5 Å². The highest BCUT2D eigenvalue weighted by Crippen LogP contribution is 2.11. The molecule has 0 spiro atoms. The minimum absolute atomic E-state index is 0.603. The molecule has 1 heterocycles. The fourth-order valence-corrected chi connectivity index (χ4v) is 1.07. The van der Waals surface area contributed by atoms with Crippen molar-refractivity contribution in [1.29, 1.82) is 0 Å². The minimum atomic E-state index is 0.603. The lowest BCUT2D eigenvalue weighted by Crippen LogP contribution is -1.92. The van der Waals surface area contributed by atoms with E-state index in [-0.39, 0.29) is 0 Å². The first kappa shape index (κ1) is 11.3. The van der Waals surface area contributed by atoms with E-state index in [1.807, 2.05) is 36.0 Å². The van der Waals surface area contributed by atoms with Crippen LogP contribution in [0.25, 0.3) is 0 Å². The molecule has 1 aromatic rings. The van der Waals surface area contributed by atoms with Crippen molar-refractivity contribution in [1.82, 2.24) is 9.55 Å². The van der Waals surface area contributed by atoms with Gasteiger partial charge in [-0.2, -0.15) is 0 Å². The van der Waals surface area contributed by atoms with Crippen LogP contribution < -0.4 is 4.74 Å². The van der Waals surface area contributed by atoms with E-state index in [2.05, 4.69) is 18.5 Å². The van der Waals surface area contributed by atoms with E-state index < -0.39 is 0 Å². The zero-order chi connectivity index (χ0) is 11.1. The van der Waals surface area contributed by atoms with Gasteiger partial charge in [-0.1, -0.05) is 25.7 Å². The summed E-state index contributed by atoms with van der Waals surface area (Å²) in [4.78, 5) is 4.09. The Hall–Kier alpha value is -1.77. The van der Waals surface area contributed by atoms with Crippen molar-refractivity contribution in [2.24, 2.45) is 7.05 Å². The monoisotopic (exact) mass is 204 g/mol. The van der Waals surface area contributed by atoms with Gasteiger partial charge in [0.2, 0.25) is 5.88 Å². The summed E-state index contributed by atoms with van der Waals surface area (Å²) in [6, 6.07) is 0. The molecular weight excluding hydrogens is 188 g/mol. The van der Waals surface area contributed by atoms with E-state index in [4.69, 9.17) is 4.74 Å². The van der Waals surface area contributed by atoms with Crippen LogP contribution in [-0.2, 0) is 7.05 Å². The Morgan fingerprint density at radius 2 is 2.47 bits per heavy atom. The average molecular weight is 204 g/mol. The number of hydrogen-bond donors (Lipinski definition) is 0. The number of aromatic nitrogens is 2. The summed E-state index contributed by atoms with van der Waals surface area (Å²) in [6.45, 7) is 5.67. The zero-order valence-corrected chi connectivity index (χ0v) is 9.18. The summed E-state index contributed by atoms with van der Waals surface area (Å²) in [7, 11) is 1.91. The first-order chi connectivity index (χ1) is 7.26. The molecule has 0 bridgehead atoms. The molecule has 0 radical (unpaired) electrons. The molecule has 0 amide bonds. The molecule has 0 N–H and O–H groups in total. The van der Waals surface area contributed by atoms with Crippen LogP contribution in [-0.4, -0.2) is 9.55 Å². The lowest BCUT2D eigenvalue weighted by atomic mass is 10.3. The fourth-order valence-electron chi connectivity index (χ4n) is 1.07. The predicted molar refractivity (Wildman–Crippen MR) is 61.5 cm³/mol. The maximum absolute atomic E-state index is 5.57. The third-order valence-corrected chi connectivity index (χ3v) is 1.71. The second kappa shape index (κ2) is 5.86. The molecule has 3 heteroatoms. The van der Waals surface area contributed by atoms with E-state index in [1.165, 1.54) is 0 Å².